The van der Waals surface area contributed by atoms with Crippen molar-refractivity contribution in [3.05, 3.63) is 46.6 Å². The van der Waals surface area contributed by atoms with Crippen molar-refractivity contribution >= 4 is 0 Å². The van der Waals surface area contributed by atoms with E-state index >= 15 is 0 Å². The summed E-state index contributed by atoms with van der Waals surface area (Å²) in [6.45, 7) is 8.91. The summed E-state index contributed by atoms with van der Waals surface area (Å²) in [4.78, 5) is 0. The molecule has 0 atom stereocenters. The molecule has 0 aromatic rings. The molecule has 0 saturated carbocycles. The fourth-order valence-electron chi connectivity index (χ4n) is 3.22. The molecule has 0 bridgehead atoms. The fourth-order valence-corrected chi connectivity index (χ4v) is 3.22. The van der Waals surface area contributed by atoms with Crippen LogP contribution in [0.3, 0.4) is 0 Å². The molecule has 0 saturated heterocycles. The van der Waals surface area contributed by atoms with Crippen LogP contribution >= 0.6 is 0 Å². The molecule has 2 aliphatic carbocycles. The molecule has 0 aromatic heterocycles. The molecule has 0 radical (unpaired) electrons. The van der Waals surface area contributed by atoms with Gasteiger partial charge in [0.1, 0.15) is 0 Å². The van der Waals surface area contributed by atoms with E-state index in [0.29, 0.717) is 0 Å². The second-order valence-corrected chi connectivity index (χ2v) is 5.34. The Bertz CT molecular complexity index is 360. The van der Waals surface area contributed by atoms with Crippen LogP contribution in [-0.2, 0) is 0 Å². The topological polar surface area (TPSA) is 0 Å². The van der Waals surface area contributed by atoms with Crippen molar-refractivity contribution in [2.75, 3.05) is 0 Å². The monoisotopic (exact) mass is 200 g/mol. The van der Waals surface area contributed by atoms with E-state index in [1.807, 2.05) is 0 Å². The smallest absolute Gasteiger partial charge is 0.0146 e. The molecular formula is C15H20. The van der Waals surface area contributed by atoms with Gasteiger partial charge in [0.2, 0.25) is 0 Å². The van der Waals surface area contributed by atoms with Gasteiger partial charge < -0.3 is 0 Å². The SMILES string of the molecule is CC1=CC2(C=C(C)C=C(C)C2)CC(C)=C1. The summed E-state index contributed by atoms with van der Waals surface area (Å²) in [5.74, 6) is 0. The van der Waals surface area contributed by atoms with Gasteiger partial charge >= 0.3 is 0 Å². The Morgan fingerprint density at radius 2 is 1.20 bits per heavy atom. The Labute approximate surface area is 93.1 Å². The van der Waals surface area contributed by atoms with E-state index < -0.39 is 0 Å². The highest BCUT2D eigenvalue weighted by Gasteiger charge is 2.30. The maximum atomic E-state index is 2.44. The van der Waals surface area contributed by atoms with Gasteiger partial charge in [-0.1, -0.05) is 46.6 Å². The molecule has 80 valence electrons. The minimum absolute atomic E-state index is 0.284. The summed E-state index contributed by atoms with van der Waals surface area (Å²) in [5.41, 5.74) is 6.13. The third-order valence-electron chi connectivity index (χ3n) is 3.19. The summed E-state index contributed by atoms with van der Waals surface area (Å²) in [6.07, 6.45) is 11.9. The molecule has 2 aliphatic rings. The molecule has 1 spiro atoms. The van der Waals surface area contributed by atoms with Crippen LogP contribution in [0.2, 0.25) is 0 Å². The van der Waals surface area contributed by atoms with Crippen LogP contribution < -0.4 is 0 Å². The Hall–Kier alpha value is -1.04. The molecule has 0 aliphatic heterocycles. The lowest BCUT2D eigenvalue weighted by Gasteiger charge is -2.35. The van der Waals surface area contributed by atoms with Crippen molar-refractivity contribution in [1.82, 2.24) is 0 Å². The summed E-state index contributed by atoms with van der Waals surface area (Å²) in [7, 11) is 0. The molecule has 0 unspecified atom stereocenters. The minimum atomic E-state index is 0.284. The Morgan fingerprint density at radius 3 is 1.53 bits per heavy atom. The second-order valence-electron chi connectivity index (χ2n) is 5.34. The molecule has 0 heterocycles. The summed E-state index contributed by atoms with van der Waals surface area (Å²) in [5, 5.41) is 0. The molecule has 15 heavy (non-hydrogen) atoms. The zero-order valence-corrected chi connectivity index (χ0v) is 10.2. The summed E-state index contributed by atoms with van der Waals surface area (Å²) < 4.78 is 0. The van der Waals surface area contributed by atoms with Gasteiger partial charge in [0, 0.05) is 5.41 Å². The van der Waals surface area contributed by atoms with E-state index in [4.69, 9.17) is 0 Å². The quantitative estimate of drug-likeness (QED) is 0.537. The molecule has 0 fully saturated rings. The first-order valence-electron chi connectivity index (χ1n) is 5.72. The van der Waals surface area contributed by atoms with Gasteiger partial charge in [0.25, 0.3) is 0 Å². The highest BCUT2D eigenvalue weighted by molar-refractivity contribution is 5.40. The van der Waals surface area contributed by atoms with Crippen LogP contribution in [0.25, 0.3) is 0 Å². The lowest BCUT2D eigenvalue weighted by Crippen LogP contribution is -2.21. The molecule has 0 heteroatoms. The zero-order valence-electron chi connectivity index (χ0n) is 10.2. The van der Waals surface area contributed by atoms with Crippen LogP contribution in [-0.4, -0.2) is 0 Å². The molecule has 2 rings (SSSR count). The van der Waals surface area contributed by atoms with Gasteiger partial charge in [-0.3, -0.25) is 0 Å². The Balaban J connectivity index is 2.39. The lowest BCUT2D eigenvalue weighted by atomic mass is 9.70. The Kier molecular flexibility index (Phi) is 2.46. The highest BCUT2D eigenvalue weighted by Crippen LogP contribution is 2.43. The highest BCUT2D eigenvalue weighted by atomic mass is 14.3. The molecule has 0 N–H and O–H groups in total. The average molecular weight is 200 g/mol. The van der Waals surface area contributed by atoms with E-state index in [0.717, 1.165) is 0 Å². The van der Waals surface area contributed by atoms with Crippen molar-refractivity contribution in [2.24, 2.45) is 5.41 Å². The maximum absolute atomic E-state index is 2.44. The average Bonchev–Trinajstić information content (AvgIpc) is 1.96. The second kappa shape index (κ2) is 3.52. The van der Waals surface area contributed by atoms with E-state index in [-0.39, 0.29) is 5.41 Å². The molecular weight excluding hydrogens is 180 g/mol. The zero-order chi connectivity index (χ0) is 11.1. The van der Waals surface area contributed by atoms with E-state index in [9.17, 15) is 0 Å². The largest absolute Gasteiger partial charge is 0.0719 e. The molecule has 0 aromatic carbocycles. The van der Waals surface area contributed by atoms with E-state index in [1.54, 1.807) is 0 Å². The molecule has 0 amide bonds. The van der Waals surface area contributed by atoms with Crippen LogP contribution in [0.1, 0.15) is 40.5 Å². The van der Waals surface area contributed by atoms with E-state index in [1.165, 1.54) is 35.1 Å². The van der Waals surface area contributed by atoms with Crippen LogP contribution in [0.15, 0.2) is 46.6 Å². The third-order valence-corrected chi connectivity index (χ3v) is 3.19. The van der Waals surface area contributed by atoms with Gasteiger partial charge in [-0.15, -0.1) is 0 Å². The van der Waals surface area contributed by atoms with Crippen LogP contribution in [0, 0.1) is 5.41 Å². The number of rotatable bonds is 0. The van der Waals surface area contributed by atoms with Crippen molar-refractivity contribution < 1.29 is 0 Å². The first-order valence-corrected chi connectivity index (χ1v) is 5.72. The third kappa shape index (κ3) is 2.14. The first-order chi connectivity index (χ1) is 6.99. The standard InChI is InChI=1S/C15H20/c1-11-5-12(2)8-15(7-11)9-13(3)6-14(4)10-15/h5-7,9H,8,10H2,1-4H3. The maximum Gasteiger partial charge on any atom is 0.0146 e. The predicted octanol–water partition coefficient (Wildman–Crippen LogP) is 4.57. The predicted molar refractivity (Wildman–Crippen MR) is 66.7 cm³/mol. The lowest BCUT2D eigenvalue weighted by molar-refractivity contribution is 0.464. The van der Waals surface area contributed by atoms with Crippen molar-refractivity contribution in [2.45, 2.75) is 40.5 Å². The van der Waals surface area contributed by atoms with Gasteiger partial charge in [0.15, 0.2) is 0 Å². The van der Waals surface area contributed by atoms with Crippen molar-refractivity contribution in [1.29, 1.82) is 0 Å². The summed E-state index contributed by atoms with van der Waals surface area (Å²) >= 11 is 0. The number of hydrogen-bond donors (Lipinski definition) is 0. The van der Waals surface area contributed by atoms with Crippen LogP contribution in [0.4, 0.5) is 0 Å². The minimum Gasteiger partial charge on any atom is -0.0719 e. The first kappa shape index (κ1) is 10.5. The fraction of sp³-hybridized carbons (Fsp3) is 0.467. The number of allylic oxidation sites excluding steroid dienone is 8. The number of hydrogen-bond acceptors (Lipinski definition) is 0. The Morgan fingerprint density at radius 1 is 0.800 bits per heavy atom. The molecule has 0 nitrogen and oxygen atoms in total. The summed E-state index contributed by atoms with van der Waals surface area (Å²) in [6, 6.07) is 0. The van der Waals surface area contributed by atoms with Crippen LogP contribution in [0.5, 0.6) is 0 Å². The van der Waals surface area contributed by atoms with Gasteiger partial charge in [-0.25, -0.2) is 0 Å². The van der Waals surface area contributed by atoms with Crippen molar-refractivity contribution in [3.63, 3.8) is 0 Å². The van der Waals surface area contributed by atoms with Crippen molar-refractivity contribution in [3.8, 4) is 0 Å². The normalized spacial score (nSPS) is 24.3. The van der Waals surface area contributed by atoms with Gasteiger partial charge in [-0.2, -0.15) is 0 Å². The van der Waals surface area contributed by atoms with E-state index in [2.05, 4.69) is 52.0 Å². The van der Waals surface area contributed by atoms with Gasteiger partial charge in [0.05, 0.1) is 0 Å². The van der Waals surface area contributed by atoms with Gasteiger partial charge in [-0.05, 0) is 40.5 Å².